The third-order valence-electron chi connectivity index (χ3n) is 5.56. The maximum atomic E-state index is 2.61. The van der Waals surface area contributed by atoms with Crippen molar-refractivity contribution in [3.63, 3.8) is 0 Å². The van der Waals surface area contributed by atoms with Crippen molar-refractivity contribution in [2.75, 3.05) is 38.1 Å². The van der Waals surface area contributed by atoms with Crippen molar-refractivity contribution in [3.8, 4) is 0 Å². The van der Waals surface area contributed by atoms with E-state index in [2.05, 4.69) is 55.0 Å². The molecule has 0 unspecified atom stereocenters. The van der Waals surface area contributed by atoms with Crippen LogP contribution in [0.3, 0.4) is 0 Å². The first kappa shape index (κ1) is 14.9. The van der Waals surface area contributed by atoms with Gasteiger partial charge in [-0.1, -0.05) is 32.0 Å². The Morgan fingerprint density at radius 1 is 0.952 bits per heavy atom. The highest BCUT2D eigenvalue weighted by Gasteiger charge is 2.29. The number of nitrogens with zero attached hydrogens (tertiary/aromatic N) is 2. The van der Waals surface area contributed by atoms with Gasteiger partial charge in [0, 0.05) is 31.9 Å². The number of rotatable bonds is 2. The molecule has 1 aliphatic heterocycles. The normalized spacial score (nSPS) is 24.2. The summed E-state index contributed by atoms with van der Waals surface area (Å²) in [5.74, 6) is 0.772. The summed E-state index contributed by atoms with van der Waals surface area (Å²) in [6.45, 7) is 9.57. The van der Waals surface area contributed by atoms with Crippen LogP contribution in [0.15, 0.2) is 24.3 Å². The molecular formula is C19H30N2. The minimum absolute atomic E-state index is 0.555. The van der Waals surface area contributed by atoms with Crippen molar-refractivity contribution >= 4 is 5.69 Å². The van der Waals surface area contributed by atoms with Crippen LogP contribution in [0.2, 0.25) is 0 Å². The van der Waals surface area contributed by atoms with E-state index >= 15 is 0 Å². The Morgan fingerprint density at radius 3 is 2.24 bits per heavy atom. The molecule has 0 radical (unpaired) electrons. The van der Waals surface area contributed by atoms with Crippen molar-refractivity contribution in [3.05, 3.63) is 29.8 Å². The zero-order chi connectivity index (χ0) is 14.9. The molecule has 0 aromatic heterocycles. The van der Waals surface area contributed by atoms with Crippen LogP contribution in [0.1, 0.15) is 51.0 Å². The molecule has 0 N–H and O–H groups in total. The first-order chi connectivity index (χ1) is 10.1. The summed E-state index contributed by atoms with van der Waals surface area (Å²) >= 11 is 0. The molecular weight excluding hydrogens is 256 g/mol. The molecule has 0 amide bonds. The number of likely N-dealkylation sites (N-methyl/N-ethyl adjacent to an activating group) is 1. The predicted molar refractivity (Wildman–Crippen MR) is 91.1 cm³/mol. The van der Waals surface area contributed by atoms with Gasteiger partial charge >= 0.3 is 0 Å². The Kier molecular flexibility index (Phi) is 4.26. The molecule has 1 saturated carbocycles. The van der Waals surface area contributed by atoms with Gasteiger partial charge in [0.05, 0.1) is 0 Å². The predicted octanol–water partition coefficient (Wildman–Crippen LogP) is 4.12. The zero-order valence-corrected chi connectivity index (χ0v) is 13.9. The molecule has 2 heteroatoms. The van der Waals surface area contributed by atoms with Gasteiger partial charge in [0.2, 0.25) is 0 Å². The molecule has 1 aromatic rings. The van der Waals surface area contributed by atoms with Crippen LogP contribution in [0, 0.1) is 5.41 Å². The zero-order valence-electron chi connectivity index (χ0n) is 13.9. The maximum absolute atomic E-state index is 2.61. The average Bonchev–Trinajstić information content (AvgIpc) is 2.48. The lowest BCUT2D eigenvalue weighted by Gasteiger charge is -2.39. The maximum Gasteiger partial charge on any atom is 0.0402 e. The van der Waals surface area contributed by atoms with E-state index in [4.69, 9.17) is 0 Å². The largest absolute Gasteiger partial charge is 0.369 e. The van der Waals surface area contributed by atoms with E-state index in [-0.39, 0.29) is 0 Å². The Bertz CT molecular complexity index is 462. The molecule has 1 heterocycles. The molecule has 116 valence electrons. The SMILES string of the molecule is CN1CCN(c2ccccc2C2CCC(C)(C)CC2)CC1. The van der Waals surface area contributed by atoms with Crippen LogP contribution >= 0.6 is 0 Å². The number of hydrogen-bond acceptors (Lipinski definition) is 2. The van der Waals surface area contributed by atoms with E-state index in [9.17, 15) is 0 Å². The Balaban J connectivity index is 1.77. The fourth-order valence-electron chi connectivity index (χ4n) is 3.88. The molecule has 2 nitrogen and oxygen atoms in total. The van der Waals surface area contributed by atoms with Crippen LogP contribution in [-0.4, -0.2) is 38.1 Å². The summed E-state index contributed by atoms with van der Waals surface area (Å²) in [7, 11) is 2.23. The minimum atomic E-state index is 0.555. The molecule has 1 aliphatic carbocycles. The fraction of sp³-hybridized carbons (Fsp3) is 0.684. The average molecular weight is 286 g/mol. The highest BCUT2D eigenvalue weighted by atomic mass is 15.2. The third kappa shape index (κ3) is 3.42. The summed E-state index contributed by atoms with van der Waals surface area (Å²) in [6.07, 6.45) is 5.46. The van der Waals surface area contributed by atoms with Gasteiger partial charge in [0.1, 0.15) is 0 Å². The number of anilines is 1. The van der Waals surface area contributed by atoms with Gasteiger partial charge < -0.3 is 9.80 Å². The molecule has 2 fully saturated rings. The molecule has 21 heavy (non-hydrogen) atoms. The monoisotopic (exact) mass is 286 g/mol. The topological polar surface area (TPSA) is 6.48 Å². The summed E-state index contributed by atoms with van der Waals surface area (Å²) in [5, 5.41) is 0. The number of hydrogen-bond donors (Lipinski definition) is 0. The third-order valence-corrected chi connectivity index (χ3v) is 5.56. The molecule has 1 saturated heterocycles. The molecule has 1 aromatic carbocycles. The molecule has 0 bridgehead atoms. The standard InChI is InChI=1S/C19H30N2/c1-19(2)10-8-16(9-11-19)17-6-4-5-7-18(17)21-14-12-20(3)13-15-21/h4-7,16H,8-15H2,1-3H3. The van der Waals surface area contributed by atoms with Gasteiger partial charge in [0.25, 0.3) is 0 Å². The van der Waals surface area contributed by atoms with E-state index in [0.717, 1.165) is 5.92 Å². The summed E-state index contributed by atoms with van der Waals surface area (Å²) < 4.78 is 0. The lowest BCUT2D eigenvalue weighted by atomic mass is 9.71. The van der Waals surface area contributed by atoms with Gasteiger partial charge in [-0.05, 0) is 55.7 Å². The van der Waals surface area contributed by atoms with Gasteiger partial charge in [-0.2, -0.15) is 0 Å². The van der Waals surface area contributed by atoms with Gasteiger partial charge in [-0.25, -0.2) is 0 Å². The van der Waals surface area contributed by atoms with Gasteiger partial charge in [0.15, 0.2) is 0 Å². The van der Waals surface area contributed by atoms with Crippen molar-refractivity contribution in [1.82, 2.24) is 4.90 Å². The molecule has 0 spiro atoms. The smallest absolute Gasteiger partial charge is 0.0402 e. The highest BCUT2D eigenvalue weighted by Crippen LogP contribution is 2.44. The molecule has 3 rings (SSSR count). The molecule has 2 aliphatic rings. The van der Waals surface area contributed by atoms with E-state index in [1.54, 1.807) is 5.56 Å². The summed E-state index contributed by atoms with van der Waals surface area (Å²) in [5.41, 5.74) is 3.67. The van der Waals surface area contributed by atoms with E-state index in [0.29, 0.717) is 5.41 Å². The second-order valence-corrected chi connectivity index (χ2v) is 7.79. The van der Waals surface area contributed by atoms with Crippen LogP contribution in [-0.2, 0) is 0 Å². The quantitative estimate of drug-likeness (QED) is 0.807. The lowest BCUT2D eigenvalue weighted by molar-refractivity contribution is 0.224. The second-order valence-electron chi connectivity index (χ2n) is 7.79. The van der Waals surface area contributed by atoms with Gasteiger partial charge in [-0.15, -0.1) is 0 Å². The second kappa shape index (κ2) is 6.00. The Hall–Kier alpha value is -1.02. The van der Waals surface area contributed by atoms with Crippen molar-refractivity contribution in [2.24, 2.45) is 5.41 Å². The first-order valence-corrected chi connectivity index (χ1v) is 8.58. The lowest BCUT2D eigenvalue weighted by Crippen LogP contribution is -2.45. The van der Waals surface area contributed by atoms with Crippen LogP contribution in [0.4, 0.5) is 5.69 Å². The minimum Gasteiger partial charge on any atom is -0.369 e. The summed E-state index contributed by atoms with van der Waals surface area (Å²) in [4.78, 5) is 5.04. The number of para-hydroxylation sites is 1. The van der Waals surface area contributed by atoms with Gasteiger partial charge in [-0.3, -0.25) is 0 Å². The number of benzene rings is 1. The van der Waals surface area contributed by atoms with Crippen molar-refractivity contribution in [1.29, 1.82) is 0 Å². The van der Waals surface area contributed by atoms with Crippen LogP contribution < -0.4 is 4.90 Å². The van der Waals surface area contributed by atoms with Crippen LogP contribution in [0.25, 0.3) is 0 Å². The fourth-order valence-corrected chi connectivity index (χ4v) is 3.88. The molecule has 0 atom stereocenters. The highest BCUT2D eigenvalue weighted by molar-refractivity contribution is 5.55. The summed E-state index contributed by atoms with van der Waals surface area (Å²) in [6, 6.07) is 9.18. The van der Waals surface area contributed by atoms with E-state index in [1.165, 1.54) is 57.5 Å². The van der Waals surface area contributed by atoms with E-state index in [1.807, 2.05) is 0 Å². The van der Waals surface area contributed by atoms with Crippen molar-refractivity contribution < 1.29 is 0 Å². The van der Waals surface area contributed by atoms with Crippen molar-refractivity contribution in [2.45, 2.75) is 45.4 Å². The van der Waals surface area contributed by atoms with E-state index < -0.39 is 0 Å². The first-order valence-electron chi connectivity index (χ1n) is 8.58. The Morgan fingerprint density at radius 2 is 1.57 bits per heavy atom. The number of piperazine rings is 1. The van der Waals surface area contributed by atoms with Crippen LogP contribution in [0.5, 0.6) is 0 Å². The Labute approximate surface area is 130 Å².